The van der Waals surface area contributed by atoms with Gasteiger partial charge < -0.3 is 5.11 Å². The fraction of sp³-hybridized carbons (Fsp3) is 0.333. The number of aliphatic imine (C=N–C) groups is 1. The van der Waals surface area contributed by atoms with E-state index < -0.39 is 0 Å². The van der Waals surface area contributed by atoms with Crippen LogP contribution in [0.25, 0.3) is 0 Å². The molecule has 1 N–H and O–H groups in total. The molecule has 0 spiro atoms. The standard InChI is InChI=1S/C15H17NO2/c1-11(15-13(17)7-8-14(15)18)16-10-9-12-5-3-2-4-6-12/h2-6,17H,7-10H2,1H3. The lowest BCUT2D eigenvalue weighted by Crippen LogP contribution is -2.08. The maximum absolute atomic E-state index is 11.6. The molecule has 2 rings (SSSR count). The zero-order valence-electron chi connectivity index (χ0n) is 10.5. The molecule has 0 amide bonds. The highest BCUT2D eigenvalue weighted by Gasteiger charge is 2.24. The van der Waals surface area contributed by atoms with Crippen molar-refractivity contribution in [1.82, 2.24) is 0 Å². The van der Waals surface area contributed by atoms with Crippen molar-refractivity contribution in [1.29, 1.82) is 0 Å². The van der Waals surface area contributed by atoms with Gasteiger partial charge >= 0.3 is 0 Å². The number of carbonyl (C=O) groups excluding carboxylic acids is 1. The summed E-state index contributed by atoms with van der Waals surface area (Å²) >= 11 is 0. The average Bonchev–Trinajstić information content (AvgIpc) is 2.70. The molecule has 1 aliphatic rings. The van der Waals surface area contributed by atoms with Crippen LogP contribution in [0.2, 0.25) is 0 Å². The van der Waals surface area contributed by atoms with Crippen molar-refractivity contribution in [2.45, 2.75) is 26.2 Å². The Morgan fingerprint density at radius 3 is 2.61 bits per heavy atom. The van der Waals surface area contributed by atoms with E-state index in [0.717, 1.165) is 6.42 Å². The Labute approximate surface area is 107 Å². The van der Waals surface area contributed by atoms with Crippen molar-refractivity contribution in [2.75, 3.05) is 6.54 Å². The third-order valence-corrected chi connectivity index (χ3v) is 3.11. The zero-order chi connectivity index (χ0) is 13.0. The normalized spacial score (nSPS) is 16.5. The number of benzene rings is 1. The number of ketones is 1. The van der Waals surface area contributed by atoms with Crippen molar-refractivity contribution < 1.29 is 9.90 Å². The van der Waals surface area contributed by atoms with Crippen molar-refractivity contribution in [2.24, 2.45) is 4.99 Å². The van der Waals surface area contributed by atoms with Gasteiger partial charge in [-0.3, -0.25) is 9.79 Å². The van der Waals surface area contributed by atoms with Crippen LogP contribution in [0.3, 0.4) is 0 Å². The van der Waals surface area contributed by atoms with E-state index in [0.29, 0.717) is 30.7 Å². The molecule has 94 valence electrons. The number of nitrogens with zero attached hydrogens (tertiary/aromatic N) is 1. The van der Waals surface area contributed by atoms with Gasteiger partial charge in [0.25, 0.3) is 0 Å². The summed E-state index contributed by atoms with van der Waals surface area (Å²) in [6.45, 7) is 2.43. The Bertz CT molecular complexity index is 500. The Kier molecular flexibility index (Phi) is 3.92. The second kappa shape index (κ2) is 5.63. The van der Waals surface area contributed by atoms with E-state index in [9.17, 15) is 9.90 Å². The van der Waals surface area contributed by atoms with Gasteiger partial charge in [0.05, 0.1) is 5.57 Å². The summed E-state index contributed by atoms with van der Waals surface area (Å²) < 4.78 is 0. The first-order valence-corrected chi connectivity index (χ1v) is 6.19. The van der Waals surface area contributed by atoms with Crippen LogP contribution in [0.5, 0.6) is 0 Å². The van der Waals surface area contributed by atoms with E-state index in [1.165, 1.54) is 5.56 Å². The topological polar surface area (TPSA) is 49.7 Å². The van der Waals surface area contributed by atoms with Gasteiger partial charge in [0.1, 0.15) is 5.76 Å². The largest absolute Gasteiger partial charge is 0.511 e. The summed E-state index contributed by atoms with van der Waals surface area (Å²) in [6, 6.07) is 10.1. The number of carbonyl (C=O) groups is 1. The van der Waals surface area contributed by atoms with Crippen molar-refractivity contribution >= 4 is 11.5 Å². The van der Waals surface area contributed by atoms with Gasteiger partial charge in [0, 0.05) is 25.1 Å². The number of aliphatic hydroxyl groups is 1. The summed E-state index contributed by atoms with van der Waals surface area (Å²) in [4.78, 5) is 15.9. The minimum Gasteiger partial charge on any atom is -0.511 e. The van der Waals surface area contributed by atoms with Crippen LogP contribution < -0.4 is 0 Å². The van der Waals surface area contributed by atoms with E-state index >= 15 is 0 Å². The van der Waals surface area contributed by atoms with Crippen LogP contribution in [-0.4, -0.2) is 23.1 Å². The van der Waals surface area contributed by atoms with Crippen molar-refractivity contribution in [3.05, 3.63) is 47.2 Å². The molecule has 1 aliphatic carbocycles. The quantitative estimate of drug-likeness (QED) is 0.827. The van der Waals surface area contributed by atoms with Gasteiger partial charge in [-0.2, -0.15) is 0 Å². The monoisotopic (exact) mass is 243 g/mol. The summed E-state index contributed by atoms with van der Waals surface area (Å²) in [7, 11) is 0. The zero-order valence-corrected chi connectivity index (χ0v) is 10.5. The fourth-order valence-corrected chi connectivity index (χ4v) is 2.13. The molecule has 0 aliphatic heterocycles. The van der Waals surface area contributed by atoms with E-state index in [1.807, 2.05) is 18.2 Å². The molecule has 1 aromatic rings. The van der Waals surface area contributed by atoms with Crippen molar-refractivity contribution in [3.8, 4) is 0 Å². The number of Topliss-reactive ketones (excluding diaryl/α,β-unsaturated/α-hetero) is 1. The average molecular weight is 243 g/mol. The molecular formula is C15H17NO2. The van der Waals surface area contributed by atoms with E-state index in [4.69, 9.17) is 0 Å². The number of hydrogen-bond acceptors (Lipinski definition) is 3. The van der Waals surface area contributed by atoms with Crippen LogP contribution in [0.1, 0.15) is 25.3 Å². The lowest BCUT2D eigenvalue weighted by Gasteiger charge is -2.02. The van der Waals surface area contributed by atoms with E-state index in [1.54, 1.807) is 6.92 Å². The molecule has 0 aromatic heterocycles. The molecule has 0 radical (unpaired) electrons. The number of allylic oxidation sites excluding steroid dienone is 2. The lowest BCUT2D eigenvalue weighted by atomic mass is 10.1. The molecule has 0 saturated heterocycles. The minimum absolute atomic E-state index is 0.00783. The van der Waals surface area contributed by atoms with Crippen LogP contribution in [0.15, 0.2) is 46.7 Å². The van der Waals surface area contributed by atoms with Gasteiger partial charge in [0.15, 0.2) is 5.78 Å². The number of rotatable bonds is 4. The van der Waals surface area contributed by atoms with E-state index in [-0.39, 0.29) is 11.5 Å². The van der Waals surface area contributed by atoms with Gasteiger partial charge in [-0.1, -0.05) is 30.3 Å². The molecule has 0 bridgehead atoms. The molecule has 18 heavy (non-hydrogen) atoms. The predicted octanol–water partition coefficient (Wildman–Crippen LogP) is 2.87. The maximum Gasteiger partial charge on any atom is 0.168 e. The predicted molar refractivity (Wildman–Crippen MR) is 72.0 cm³/mol. The Balaban J connectivity index is 1.98. The van der Waals surface area contributed by atoms with Gasteiger partial charge in [-0.15, -0.1) is 0 Å². The maximum atomic E-state index is 11.6. The molecule has 0 saturated carbocycles. The number of aliphatic hydroxyl groups excluding tert-OH is 1. The van der Waals surface area contributed by atoms with Gasteiger partial charge in [-0.25, -0.2) is 0 Å². The molecule has 0 atom stereocenters. The first-order chi connectivity index (χ1) is 8.68. The molecular weight excluding hydrogens is 226 g/mol. The second-order valence-corrected chi connectivity index (χ2v) is 4.45. The third-order valence-electron chi connectivity index (χ3n) is 3.11. The first kappa shape index (κ1) is 12.6. The summed E-state index contributed by atoms with van der Waals surface area (Å²) in [5.41, 5.74) is 2.32. The lowest BCUT2D eigenvalue weighted by molar-refractivity contribution is -0.114. The molecule has 0 heterocycles. The highest BCUT2D eigenvalue weighted by Crippen LogP contribution is 2.21. The van der Waals surface area contributed by atoms with Crippen LogP contribution in [0, 0.1) is 0 Å². The number of hydrogen-bond donors (Lipinski definition) is 1. The summed E-state index contributed by atoms with van der Waals surface area (Å²) in [5, 5.41) is 9.62. The smallest absolute Gasteiger partial charge is 0.168 e. The van der Waals surface area contributed by atoms with Gasteiger partial charge in [-0.05, 0) is 18.9 Å². The molecule has 3 heteroatoms. The fourth-order valence-electron chi connectivity index (χ4n) is 2.13. The highest BCUT2D eigenvalue weighted by molar-refractivity contribution is 6.23. The SMILES string of the molecule is CC(=NCCc1ccccc1)C1=C(O)CCC1=O. The molecule has 0 unspecified atom stereocenters. The Morgan fingerprint density at radius 1 is 1.28 bits per heavy atom. The molecule has 0 fully saturated rings. The third kappa shape index (κ3) is 2.86. The van der Waals surface area contributed by atoms with Crippen molar-refractivity contribution in [3.63, 3.8) is 0 Å². The Morgan fingerprint density at radius 2 is 2.00 bits per heavy atom. The first-order valence-electron chi connectivity index (χ1n) is 6.19. The van der Waals surface area contributed by atoms with Crippen LogP contribution >= 0.6 is 0 Å². The molecule has 3 nitrogen and oxygen atoms in total. The van der Waals surface area contributed by atoms with E-state index in [2.05, 4.69) is 17.1 Å². The summed E-state index contributed by atoms with van der Waals surface area (Å²) in [6.07, 6.45) is 1.72. The van der Waals surface area contributed by atoms with Crippen LogP contribution in [-0.2, 0) is 11.2 Å². The summed E-state index contributed by atoms with van der Waals surface area (Å²) in [5.74, 6) is 0.203. The highest BCUT2D eigenvalue weighted by atomic mass is 16.3. The van der Waals surface area contributed by atoms with Gasteiger partial charge in [0.2, 0.25) is 0 Å². The second-order valence-electron chi connectivity index (χ2n) is 4.45. The Hall–Kier alpha value is -1.90. The molecule has 1 aromatic carbocycles. The minimum atomic E-state index is 0.00783. The van der Waals surface area contributed by atoms with Crippen LogP contribution in [0.4, 0.5) is 0 Å².